The second-order valence-corrected chi connectivity index (χ2v) is 19.8. The van der Waals surface area contributed by atoms with E-state index >= 15 is 0 Å². The van der Waals surface area contributed by atoms with Crippen LogP contribution in [0, 0.1) is 0 Å². The Hall–Kier alpha value is -4.71. The van der Waals surface area contributed by atoms with Crippen LogP contribution in [-0.4, -0.2) is 37.2 Å². The quantitative estimate of drug-likeness (QED) is 0.0261. The maximum absolute atomic E-state index is 12.8. The number of ether oxygens (including phenoxy) is 3. The van der Waals surface area contributed by atoms with E-state index in [4.69, 9.17) is 14.2 Å². The fourth-order valence-corrected chi connectivity index (χ4v) is 8.00. The number of unbranched alkanes of at least 4 members (excludes halogenated alkanes) is 19. The number of carbonyl (C=O) groups excluding carboxylic acids is 3. The van der Waals surface area contributed by atoms with Crippen molar-refractivity contribution in [1.82, 2.24) is 0 Å². The smallest absolute Gasteiger partial charge is 0.306 e. The molecule has 6 nitrogen and oxygen atoms in total. The molecule has 1 atom stereocenters. The highest BCUT2D eigenvalue weighted by atomic mass is 16.6. The fraction of sp³-hybridized carbons (Fsp3) is 0.614. The number of carbonyl (C=O) groups is 3. The third-order valence-electron chi connectivity index (χ3n) is 12.6. The molecule has 0 aromatic rings. The SMILES string of the molecule is CC/C=C\C/C=C\C/C=C\C/C=C\C/C=C\C/C=C\C/C=C\CCCCCCCCCCCC(=O)OCC(COC(=O)CCCCCCC/C=C\CCCCC)OC(=O)CCCC/C=C\C/C=C\C/C=C\C/C=C\CC. The molecule has 6 heteroatoms. The van der Waals surface area contributed by atoms with E-state index in [0.29, 0.717) is 19.3 Å². The monoisotopic (exact) mass is 1050 g/mol. The van der Waals surface area contributed by atoms with Gasteiger partial charge in [0.05, 0.1) is 0 Å². The molecule has 0 aliphatic rings. The van der Waals surface area contributed by atoms with Gasteiger partial charge in [-0.25, -0.2) is 0 Å². The van der Waals surface area contributed by atoms with E-state index in [1.165, 1.54) is 70.6 Å². The Bertz CT molecular complexity index is 1680. The van der Waals surface area contributed by atoms with Crippen LogP contribution in [0.4, 0.5) is 0 Å². The molecule has 0 aliphatic heterocycles. The zero-order valence-corrected chi connectivity index (χ0v) is 49.0. The first-order chi connectivity index (χ1) is 37.5. The Balaban J connectivity index is 4.31. The molecular weight excluding hydrogens is 937 g/mol. The molecule has 0 heterocycles. The van der Waals surface area contributed by atoms with Gasteiger partial charge in [0.1, 0.15) is 13.2 Å². The molecule has 76 heavy (non-hydrogen) atoms. The van der Waals surface area contributed by atoms with Crippen molar-refractivity contribution in [1.29, 1.82) is 0 Å². The van der Waals surface area contributed by atoms with Gasteiger partial charge < -0.3 is 14.2 Å². The highest BCUT2D eigenvalue weighted by Gasteiger charge is 2.19. The third-order valence-corrected chi connectivity index (χ3v) is 12.6. The van der Waals surface area contributed by atoms with Gasteiger partial charge in [0, 0.05) is 19.3 Å². The van der Waals surface area contributed by atoms with Crippen molar-refractivity contribution in [2.45, 2.75) is 264 Å². The molecule has 0 saturated carbocycles. The highest BCUT2D eigenvalue weighted by Crippen LogP contribution is 2.14. The Morgan fingerprint density at radius 2 is 0.513 bits per heavy atom. The molecule has 0 N–H and O–H groups in total. The molecule has 0 aromatic carbocycles. The van der Waals surface area contributed by atoms with E-state index in [-0.39, 0.29) is 37.5 Å². The molecule has 0 fully saturated rings. The summed E-state index contributed by atoms with van der Waals surface area (Å²) in [6.45, 7) is 6.33. The van der Waals surface area contributed by atoms with Crippen molar-refractivity contribution in [2.75, 3.05) is 13.2 Å². The summed E-state index contributed by atoms with van der Waals surface area (Å²) in [6.07, 6.45) is 90.0. The summed E-state index contributed by atoms with van der Waals surface area (Å²) in [6, 6.07) is 0. The average Bonchev–Trinajstić information content (AvgIpc) is 3.42. The lowest BCUT2D eigenvalue weighted by molar-refractivity contribution is -0.167. The third kappa shape index (κ3) is 60.2. The van der Waals surface area contributed by atoms with Gasteiger partial charge in [-0.05, 0) is 141 Å². The molecule has 0 bridgehead atoms. The predicted molar refractivity (Wildman–Crippen MR) is 329 cm³/mol. The van der Waals surface area contributed by atoms with Crippen LogP contribution in [-0.2, 0) is 28.6 Å². The normalized spacial score (nSPS) is 13.1. The van der Waals surface area contributed by atoms with E-state index < -0.39 is 6.10 Å². The van der Waals surface area contributed by atoms with Crippen LogP contribution in [0.3, 0.4) is 0 Å². The Morgan fingerprint density at radius 1 is 0.276 bits per heavy atom. The van der Waals surface area contributed by atoms with Crippen molar-refractivity contribution in [3.8, 4) is 0 Å². The zero-order valence-electron chi connectivity index (χ0n) is 49.0. The summed E-state index contributed by atoms with van der Waals surface area (Å²) in [5, 5.41) is 0. The minimum atomic E-state index is -0.811. The van der Waals surface area contributed by atoms with Crippen LogP contribution in [0.2, 0.25) is 0 Å². The van der Waals surface area contributed by atoms with Crippen molar-refractivity contribution < 1.29 is 28.6 Å². The van der Waals surface area contributed by atoms with Gasteiger partial charge in [-0.1, -0.05) is 244 Å². The molecular formula is C70H112O6. The van der Waals surface area contributed by atoms with E-state index in [1.54, 1.807) is 0 Å². The van der Waals surface area contributed by atoms with Gasteiger partial charge in [-0.2, -0.15) is 0 Å². The lowest BCUT2D eigenvalue weighted by Gasteiger charge is -2.18. The number of allylic oxidation sites excluding steroid dienone is 24. The standard InChI is InChI=1S/C70H112O6/c1-4-7-10-13-16-19-22-25-27-28-29-30-31-32-33-34-35-36-37-38-39-40-41-42-44-45-48-51-54-57-60-63-69(72)75-66-67(65-74-68(71)62-59-56-53-50-47-24-21-18-15-12-9-6-3)76-70(73)64-61-58-55-52-49-46-43-26-23-20-17-14-11-8-5-2/h7-8,10-11,16-21,25-27,29-30,32-33,35-36,38-39,43,49,52,67H,4-6,9,12-15,22-24,28,31,34,37,40-42,44-48,50-51,53-66H2,1-3H3/b10-7-,11-8-,19-16-,20-17-,21-18-,27-25-,30-29-,33-32-,36-35-,39-38-,43-26-,52-49-. The van der Waals surface area contributed by atoms with E-state index in [1.807, 2.05) is 0 Å². The second kappa shape index (κ2) is 62.8. The lowest BCUT2D eigenvalue weighted by Crippen LogP contribution is -2.30. The van der Waals surface area contributed by atoms with Gasteiger partial charge in [-0.15, -0.1) is 0 Å². The number of hydrogen-bond acceptors (Lipinski definition) is 6. The van der Waals surface area contributed by atoms with Crippen LogP contribution >= 0.6 is 0 Å². The maximum atomic E-state index is 12.8. The first-order valence-electron chi connectivity index (χ1n) is 30.8. The Kier molecular flexibility index (Phi) is 58.9. The Morgan fingerprint density at radius 3 is 0.842 bits per heavy atom. The minimum absolute atomic E-state index is 0.105. The average molecular weight is 1050 g/mol. The number of rotatable bonds is 54. The molecule has 0 saturated heterocycles. The number of hydrogen-bond donors (Lipinski definition) is 0. The van der Waals surface area contributed by atoms with Crippen molar-refractivity contribution in [2.24, 2.45) is 0 Å². The highest BCUT2D eigenvalue weighted by molar-refractivity contribution is 5.71. The summed E-state index contributed by atoms with van der Waals surface area (Å²) in [5.41, 5.74) is 0. The topological polar surface area (TPSA) is 78.9 Å². The first-order valence-corrected chi connectivity index (χ1v) is 30.8. The maximum Gasteiger partial charge on any atom is 0.306 e. The largest absolute Gasteiger partial charge is 0.462 e. The summed E-state index contributed by atoms with van der Waals surface area (Å²) in [4.78, 5) is 38.2. The molecule has 0 spiro atoms. The van der Waals surface area contributed by atoms with E-state index in [9.17, 15) is 14.4 Å². The molecule has 1 unspecified atom stereocenters. The second-order valence-electron chi connectivity index (χ2n) is 19.8. The van der Waals surface area contributed by atoms with E-state index in [2.05, 4.69) is 167 Å². The van der Waals surface area contributed by atoms with Gasteiger partial charge in [0.25, 0.3) is 0 Å². The molecule has 0 radical (unpaired) electrons. The van der Waals surface area contributed by atoms with Gasteiger partial charge in [0.15, 0.2) is 6.10 Å². The van der Waals surface area contributed by atoms with Crippen LogP contribution in [0.15, 0.2) is 146 Å². The van der Waals surface area contributed by atoms with Crippen molar-refractivity contribution in [3.05, 3.63) is 146 Å². The summed E-state index contributed by atoms with van der Waals surface area (Å²) in [5.74, 6) is -0.966. The zero-order chi connectivity index (χ0) is 55.0. The summed E-state index contributed by atoms with van der Waals surface area (Å²) in [7, 11) is 0. The molecule has 0 amide bonds. The molecule has 0 rings (SSSR count). The molecule has 0 aliphatic carbocycles. The van der Waals surface area contributed by atoms with Gasteiger partial charge >= 0.3 is 17.9 Å². The van der Waals surface area contributed by atoms with Crippen LogP contribution in [0.25, 0.3) is 0 Å². The molecule has 0 aromatic heterocycles. The lowest BCUT2D eigenvalue weighted by atomic mass is 10.1. The fourth-order valence-electron chi connectivity index (χ4n) is 8.00. The van der Waals surface area contributed by atoms with Crippen LogP contribution in [0.5, 0.6) is 0 Å². The van der Waals surface area contributed by atoms with Crippen molar-refractivity contribution in [3.63, 3.8) is 0 Å². The minimum Gasteiger partial charge on any atom is -0.462 e. The summed E-state index contributed by atoms with van der Waals surface area (Å²) < 4.78 is 16.8. The van der Waals surface area contributed by atoms with Crippen molar-refractivity contribution >= 4 is 17.9 Å². The Labute approximate surface area is 467 Å². The predicted octanol–water partition coefficient (Wildman–Crippen LogP) is 21.2. The molecule has 428 valence electrons. The van der Waals surface area contributed by atoms with Crippen LogP contribution in [0.1, 0.15) is 258 Å². The number of esters is 3. The van der Waals surface area contributed by atoms with E-state index in [0.717, 1.165) is 141 Å². The summed E-state index contributed by atoms with van der Waals surface area (Å²) >= 11 is 0. The van der Waals surface area contributed by atoms with Gasteiger partial charge in [-0.3, -0.25) is 14.4 Å². The van der Waals surface area contributed by atoms with Crippen LogP contribution < -0.4 is 0 Å². The van der Waals surface area contributed by atoms with Gasteiger partial charge in [0.2, 0.25) is 0 Å². The first kappa shape index (κ1) is 71.3.